The molecule has 0 rings (SSSR count). The summed E-state index contributed by atoms with van der Waals surface area (Å²) >= 11 is 0. The predicted molar refractivity (Wildman–Crippen MR) is 352 cm³/mol. The van der Waals surface area contributed by atoms with Gasteiger partial charge in [0.25, 0.3) is 7.82 Å². The van der Waals surface area contributed by atoms with E-state index < -0.39 is 26.6 Å². The number of hydrogen-bond donors (Lipinski definition) is 2. The van der Waals surface area contributed by atoms with E-state index in [-0.39, 0.29) is 18.9 Å². The number of quaternary nitrogens is 1. The van der Waals surface area contributed by atoms with Crippen LogP contribution in [0.2, 0.25) is 0 Å². The Labute approximate surface area is 497 Å². The van der Waals surface area contributed by atoms with Crippen molar-refractivity contribution in [2.24, 2.45) is 0 Å². The number of carbonyl (C=O) groups excluding carboxylic acids is 1. The third-order valence-electron chi connectivity index (χ3n) is 12.8. The van der Waals surface area contributed by atoms with Gasteiger partial charge in [0.2, 0.25) is 5.91 Å². The summed E-state index contributed by atoms with van der Waals surface area (Å²) in [5.41, 5.74) is 0. The van der Waals surface area contributed by atoms with Gasteiger partial charge in [0.05, 0.1) is 39.9 Å². The summed E-state index contributed by atoms with van der Waals surface area (Å²) in [6, 6.07) is -0.938. The van der Waals surface area contributed by atoms with Crippen molar-refractivity contribution in [2.75, 3.05) is 40.9 Å². The second kappa shape index (κ2) is 60.2. The average molecular weight is 1140 g/mol. The molecule has 0 aromatic rings. The molecule has 2 N–H and O–H groups in total. The lowest BCUT2D eigenvalue weighted by Crippen LogP contribution is -2.45. The molecular formula is C72H117N2O6P. The second-order valence-corrected chi connectivity index (χ2v) is 23.1. The van der Waals surface area contributed by atoms with Crippen molar-refractivity contribution in [3.05, 3.63) is 182 Å². The Kier molecular flexibility index (Phi) is 56.9. The van der Waals surface area contributed by atoms with E-state index in [0.29, 0.717) is 23.9 Å². The van der Waals surface area contributed by atoms with Crippen molar-refractivity contribution in [1.82, 2.24) is 5.32 Å². The zero-order valence-electron chi connectivity index (χ0n) is 51.9. The van der Waals surface area contributed by atoms with Gasteiger partial charge in [-0.05, 0) is 135 Å². The molecule has 0 aliphatic rings. The van der Waals surface area contributed by atoms with Crippen molar-refractivity contribution >= 4 is 13.7 Å². The monoisotopic (exact) mass is 1140 g/mol. The lowest BCUT2D eigenvalue weighted by Gasteiger charge is -2.29. The molecule has 0 aliphatic heterocycles. The lowest BCUT2D eigenvalue weighted by molar-refractivity contribution is -0.870. The number of aliphatic hydroxyl groups excluding tert-OH is 1. The molecule has 0 fully saturated rings. The number of phosphoric acid groups is 1. The Morgan fingerprint density at radius 3 is 1.15 bits per heavy atom. The van der Waals surface area contributed by atoms with Gasteiger partial charge in [-0.1, -0.05) is 254 Å². The first-order valence-corrected chi connectivity index (χ1v) is 33.1. The van der Waals surface area contributed by atoms with E-state index in [4.69, 9.17) is 9.05 Å². The Bertz CT molecular complexity index is 1970. The summed E-state index contributed by atoms with van der Waals surface area (Å²) in [6.07, 6.45) is 97.0. The second-order valence-electron chi connectivity index (χ2n) is 21.7. The fraction of sp³-hybridized carbons (Fsp3) is 0.569. The highest BCUT2D eigenvalue weighted by atomic mass is 31.2. The molecule has 0 saturated carbocycles. The normalized spacial score (nSPS) is 15.0. The topological polar surface area (TPSA) is 108 Å². The largest absolute Gasteiger partial charge is 0.756 e. The average Bonchev–Trinajstić information content (AvgIpc) is 3.43. The van der Waals surface area contributed by atoms with E-state index in [1.165, 1.54) is 51.4 Å². The summed E-state index contributed by atoms with van der Waals surface area (Å²) in [6.45, 7) is 4.46. The smallest absolute Gasteiger partial charge is 0.268 e. The van der Waals surface area contributed by atoms with Crippen LogP contribution in [-0.4, -0.2) is 68.5 Å². The number of rotatable bonds is 55. The van der Waals surface area contributed by atoms with Crippen LogP contribution in [0.5, 0.6) is 0 Å². The summed E-state index contributed by atoms with van der Waals surface area (Å²) in [5.74, 6) is -0.244. The molecule has 81 heavy (non-hydrogen) atoms. The first kappa shape index (κ1) is 76.6. The molecule has 0 heterocycles. The van der Waals surface area contributed by atoms with Gasteiger partial charge in [0, 0.05) is 6.42 Å². The van der Waals surface area contributed by atoms with Crippen LogP contribution in [0.15, 0.2) is 182 Å². The molecule has 3 unspecified atom stereocenters. The van der Waals surface area contributed by atoms with Crippen LogP contribution >= 0.6 is 7.82 Å². The van der Waals surface area contributed by atoms with Crippen LogP contribution in [-0.2, 0) is 18.4 Å². The maximum absolute atomic E-state index is 13.0. The number of nitrogens with zero attached hydrogens (tertiary/aromatic N) is 1. The van der Waals surface area contributed by atoms with Crippen LogP contribution < -0.4 is 10.2 Å². The van der Waals surface area contributed by atoms with Crippen LogP contribution in [0.25, 0.3) is 0 Å². The standard InChI is InChI=1S/C72H117N2O6P/c1-6-8-10-12-14-16-18-20-22-24-26-27-28-29-30-31-32-33-34-35-36-37-38-39-40-41-42-43-44-45-46-47-48-50-52-54-56-58-60-62-64-66-72(76)73-70(69-80-81(77,78)79-68-67-74(3,4)5)71(75)65-63-61-59-57-55-53-51-49-25-23-21-19-17-15-13-11-9-7-2/h8,10,14,16,20,22,25-27,29-30,32-33,35-36,38-39,41-42,44-45,47-49,52,54-55,57,63,65,70-71,75H,6-7,9,11-13,15,17-19,21,23-24,28,31,34,37,40,43,46,50-51,53,56,58-62,64,66-69H2,1-5H3,(H-,73,76,77,78)/b10-8-,16-14-,22-20-,27-26-,30-29-,33-32-,36-35-,39-38-,42-41-,45-44-,48-47-,49-25+,54-52-,57-55+,65-63+. The van der Waals surface area contributed by atoms with Crippen LogP contribution in [0.3, 0.4) is 0 Å². The number of amides is 1. The third kappa shape index (κ3) is 63.0. The highest BCUT2D eigenvalue weighted by Gasteiger charge is 2.23. The number of unbranched alkanes of at least 4 members (excludes halogenated alkanes) is 14. The summed E-state index contributed by atoms with van der Waals surface area (Å²) < 4.78 is 23.3. The molecule has 8 nitrogen and oxygen atoms in total. The highest BCUT2D eigenvalue weighted by Crippen LogP contribution is 2.38. The number of hydrogen-bond acceptors (Lipinski definition) is 6. The van der Waals surface area contributed by atoms with Crippen LogP contribution in [0.4, 0.5) is 0 Å². The fourth-order valence-corrected chi connectivity index (χ4v) is 8.65. The zero-order chi connectivity index (χ0) is 59.1. The molecule has 0 aliphatic carbocycles. The molecule has 9 heteroatoms. The molecule has 1 amide bonds. The minimum absolute atomic E-state index is 0.0243. The lowest BCUT2D eigenvalue weighted by atomic mass is 10.1. The summed E-state index contributed by atoms with van der Waals surface area (Å²) in [5, 5.41) is 13.8. The van der Waals surface area contributed by atoms with Gasteiger partial charge in [0.15, 0.2) is 0 Å². The van der Waals surface area contributed by atoms with E-state index >= 15 is 0 Å². The number of nitrogens with one attached hydrogen (secondary N) is 1. The van der Waals surface area contributed by atoms with Crippen molar-refractivity contribution < 1.29 is 32.9 Å². The molecule has 0 spiro atoms. The minimum Gasteiger partial charge on any atom is -0.756 e. The SMILES string of the molecule is CC/C=C\C/C=C\C/C=C\C/C=C\C/C=C\C/C=C\C/C=C\C/C=C\C/C=C\C/C=C\C/C=C\C/C=C\CCCCCCC(=O)NC(COP(=O)([O-])OCC[N+](C)(C)C)C(O)/C=C/CC/C=C/CC/C=C/CCCCCCCCCC. The fourth-order valence-electron chi connectivity index (χ4n) is 7.93. The van der Waals surface area contributed by atoms with E-state index in [0.717, 1.165) is 128 Å². The van der Waals surface area contributed by atoms with E-state index in [2.05, 4.69) is 189 Å². The molecule has 0 aromatic heterocycles. The first-order chi connectivity index (χ1) is 39.5. The van der Waals surface area contributed by atoms with Crippen LogP contribution in [0.1, 0.15) is 213 Å². The minimum atomic E-state index is -4.63. The molecule has 0 bridgehead atoms. The maximum atomic E-state index is 13.0. The van der Waals surface area contributed by atoms with Crippen LogP contribution in [0, 0.1) is 0 Å². The van der Waals surface area contributed by atoms with Gasteiger partial charge in [-0.3, -0.25) is 9.36 Å². The quantitative estimate of drug-likeness (QED) is 0.0272. The van der Waals surface area contributed by atoms with E-state index in [1.807, 2.05) is 27.2 Å². The molecule has 456 valence electrons. The van der Waals surface area contributed by atoms with Gasteiger partial charge < -0.3 is 28.8 Å². The van der Waals surface area contributed by atoms with Crippen molar-refractivity contribution in [1.29, 1.82) is 0 Å². The van der Waals surface area contributed by atoms with Gasteiger partial charge in [0.1, 0.15) is 13.2 Å². The first-order valence-electron chi connectivity index (χ1n) is 31.6. The maximum Gasteiger partial charge on any atom is 0.268 e. The van der Waals surface area contributed by atoms with Crippen molar-refractivity contribution in [3.63, 3.8) is 0 Å². The number of phosphoric ester groups is 1. The number of aliphatic hydroxyl groups is 1. The van der Waals surface area contributed by atoms with Gasteiger partial charge in [-0.15, -0.1) is 0 Å². The van der Waals surface area contributed by atoms with Crippen molar-refractivity contribution in [2.45, 2.75) is 225 Å². The van der Waals surface area contributed by atoms with E-state index in [1.54, 1.807) is 6.08 Å². The van der Waals surface area contributed by atoms with Crippen molar-refractivity contribution in [3.8, 4) is 0 Å². The third-order valence-corrected chi connectivity index (χ3v) is 13.8. The molecule has 0 radical (unpaired) electrons. The zero-order valence-corrected chi connectivity index (χ0v) is 52.8. The highest BCUT2D eigenvalue weighted by molar-refractivity contribution is 7.45. The molecule has 0 aromatic carbocycles. The van der Waals surface area contributed by atoms with Gasteiger partial charge in [-0.25, -0.2) is 0 Å². The Hall–Kier alpha value is -4.40. The van der Waals surface area contributed by atoms with Gasteiger partial charge >= 0.3 is 0 Å². The molecular weight excluding hydrogens is 1020 g/mol. The number of allylic oxidation sites excluding steroid dienone is 29. The summed E-state index contributed by atoms with van der Waals surface area (Å²) in [7, 11) is 1.19. The molecule has 3 atom stereocenters. The Morgan fingerprint density at radius 2 is 0.765 bits per heavy atom. The Morgan fingerprint density at radius 1 is 0.444 bits per heavy atom. The van der Waals surface area contributed by atoms with E-state index in [9.17, 15) is 19.4 Å². The van der Waals surface area contributed by atoms with Gasteiger partial charge in [-0.2, -0.15) is 0 Å². The molecule has 0 saturated heterocycles. The number of likely N-dealkylation sites (N-methyl/N-ethyl adjacent to an activating group) is 1. The predicted octanol–water partition coefficient (Wildman–Crippen LogP) is 19.5. The summed E-state index contributed by atoms with van der Waals surface area (Å²) in [4.78, 5) is 25.5. The number of carbonyl (C=O) groups is 1. The Balaban J connectivity index is 4.27.